The predicted molar refractivity (Wildman–Crippen MR) is 263 cm³/mol. The van der Waals surface area contributed by atoms with Gasteiger partial charge >= 0.3 is 0 Å². The largest absolute Gasteiger partial charge is 0.370 e. The Bertz CT molecular complexity index is 2240. The van der Waals surface area contributed by atoms with Gasteiger partial charge in [0.15, 0.2) is 0 Å². The molecular weight excluding hydrogens is 958 g/mol. The molecule has 2 aromatic carbocycles. The molecular formula is C48H68FN11O11S. The number of halogens is 1. The normalized spacial score (nSPS) is 20.7. The van der Waals surface area contributed by atoms with Crippen molar-refractivity contribution in [3.63, 3.8) is 0 Å². The Morgan fingerprint density at radius 2 is 1.44 bits per heavy atom. The van der Waals surface area contributed by atoms with Gasteiger partial charge in [-0.05, 0) is 60.1 Å². The fraction of sp³-hybridized carbons (Fsp3) is 0.521. The van der Waals surface area contributed by atoms with Gasteiger partial charge < -0.3 is 48.7 Å². The number of nitrogens with two attached hydrogens (primary N) is 3. The average Bonchev–Trinajstić information content (AvgIpc) is 3.32. The number of primary amides is 3. The highest BCUT2D eigenvalue weighted by Gasteiger charge is 2.38. The van der Waals surface area contributed by atoms with Crippen molar-refractivity contribution < 1.29 is 57.1 Å². The van der Waals surface area contributed by atoms with E-state index in [9.17, 15) is 57.1 Å². The summed E-state index contributed by atoms with van der Waals surface area (Å²) in [5, 5.41) is 12.9. The lowest BCUT2D eigenvalue weighted by Gasteiger charge is -2.30. The van der Waals surface area contributed by atoms with Crippen LogP contribution in [0.25, 0.3) is 0 Å². The number of hydrogen-bond acceptors (Lipinski definition) is 14. The minimum Gasteiger partial charge on any atom is -0.370 e. The number of amides is 9. The molecule has 0 unspecified atom stereocenters. The third kappa shape index (κ3) is 20.9. The molecule has 3 rings (SSSR count). The maximum Gasteiger partial charge on any atom is 0.243 e. The number of Topliss-reactive ketones (excluding diaryl/α,β-unsaturated/α-hetero) is 2. The first-order chi connectivity index (χ1) is 34.1. The first kappa shape index (κ1) is 59.5. The number of hydrazine groups is 1. The quantitative estimate of drug-likeness (QED) is 0.0688. The van der Waals surface area contributed by atoms with Crippen molar-refractivity contribution in [2.75, 3.05) is 24.6 Å². The fourth-order valence-corrected chi connectivity index (χ4v) is 8.37. The van der Waals surface area contributed by atoms with Crippen LogP contribution in [0.15, 0.2) is 54.6 Å². The van der Waals surface area contributed by atoms with Crippen LogP contribution in [0.1, 0.15) is 83.8 Å². The van der Waals surface area contributed by atoms with Crippen LogP contribution >= 0.6 is 11.8 Å². The summed E-state index contributed by atoms with van der Waals surface area (Å²) in [4.78, 5) is 148. The smallest absolute Gasteiger partial charge is 0.243 e. The standard InChI is InChI=1S/C48H68FN11O11S/c1-5-28(4)42-47(70)56-32(15-16-37(50)61)43(66)44(67)34(23-38(51)62)59-58-33(17-19-72-20-18-40(64)54-36(46(69)57-42)22-29-9-7-6-8-10-29)48(71)60(25-30-11-13-31(49)14-12-30)26-41(65)55-35(21-27(2)3)45(68)53-24-39(52)63/h6-14,27-28,32-36,42,58-59H,5,15-26H2,1-4H3,(H2,50,61)(H2,51,62)(H2,52,63)(H,53,68)(H,54,64)(H,55,65)(H,56,70)(H,57,69)/t28-,32-,33-,34-,35-,36-,42-/m0/s1. The number of carbonyl (C=O) groups is 11. The van der Waals surface area contributed by atoms with Crippen LogP contribution in [0, 0.1) is 17.7 Å². The van der Waals surface area contributed by atoms with E-state index in [1.165, 1.54) is 23.9 Å². The van der Waals surface area contributed by atoms with E-state index in [0.29, 0.717) is 17.5 Å². The fourth-order valence-electron chi connectivity index (χ4n) is 7.43. The molecule has 1 saturated heterocycles. The molecule has 394 valence electrons. The number of thioether (sulfide) groups is 1. The molecule has 1 fully saturated rings. The van der Waals surface area contributed by atoms with Crippen molar-refractivity contribution in [1.29, 1.82) is 0 Å². The summed E-state index contributed by atoms with van der Waals surface area (Å²) in [5.74, 6) is -10.7. The molecule has 0 saturated carbocycles. The average molecular weight is 1030 g/mol. The van der Waals surface area contributed by atoms with Crippen molar-refractivity contribution in [2.24, 2.45) is 29.0 Å². The molecule has 1 aliphatic rings. The second-order valence-electron chi connectivity index (χ2n) is 17.9. The number of nitrogens with one attached hydrogen (secondary N) is 7. The van der Waals surface area contributed by atoms with E-state index in [4.69, 9.17) is 17.2 Å². The number of benzene rings is 2. The first-order valence-corrected chi connectivity index (χ1v) is 24.8. The topological polar surface area (TPSA) is 353 Å². The molecule has 22 nitrogen and oxygen atoms in total. The molecule has 0 spiro atoms. The van der Waals surface area contributed by atoms with Crippen molar-refractivity contribution >= 4 is 76.5 Å². The monoisotopic (exact) mass is 1030 g/mol. The Morgan fingerprint density at radius 1 is 0.778 bits per heavy atom. The zero-order valence-electron chi connectivity index (χ0n) is 41.0. The number of carbonyl (C=O) groups excluding carboxylic acids is 11. The summed E-state index contributed by atoms with van der Waals surface area (Å²) < 4.78 is 14.0. The number of nitrogens with zero attached hydrogens (tertiary/aromatic N) is 1. The van der Waals surface area contributed by atoms with E-state index >= 15 is 0 Å². The first-order valence-electron chi connectivity index (χ1n) is 23.6. The Labute approximate surface area is 421 Å². The molecule has 24 heteroatoms. The highest BCUT2D eigenvalue weighted by molar-refractivity contribution is 7.99. The van der Waals surface area contributed by atoms with Crippen LogP contribution in [0.3, 0.4) is 0 Å². The second-order valence-corrected chi connectivity index (χ2v) is 19.2. The highest BCUT2D eigenvalue weighted by atomic mass is 32.2. The molecule has 0 aliphatic carbocycles. The van der Waals surface area contributed by atoms with Gasteiger partial charge in [0.05, 0.1) is 31.6 Å². The Kier molecular flexibility index (Phi) is 24.9. The van der Waals surface area contributed by atoms with Crippen LogP contribution in [-0.2, 0) is 65.7 Å². The van der Waals surface area contributed by atoms with Crippen molar-refractivity contribution in [3.05, 3.63) is 71.5 Å². The van der Waals surface area contributed by atoms with Gasteiger partial charge in [0, 0.05) is 31.6 Å². The molecule has 9 amide bonds. The Balaban J connectivity index is 2.10. The van der Waals surface area contributed by atoms with Crippen LogP contribution < -0.4 is 54.6 Å². The van der Waals surface area contributed by atoms with Gasteiger partial charge in [-0.15, -0.1) is 0 Å². The lowest BCUT2D eigenvalue weighted by molar-refractivity contribution is -0.142. The molecule has 2 aromatic rings. The summed E-state index contributed by atoms with van der Waals surface area (Å²) in [6.07, 6.45) is -1.45. The van der Waals surface area contributed by atoms with Crippen molar-refractivity contribution in [3.8, 4) is 0 Å². The van der Waals surface area contributed by atoms with Gasteiger partial charge in [0.25, 0.3) is 0 Å². The molecule has 0 aromatic heterocycles. The third-order valence-corrected chi connectivity index (χ3v) is 12.5. The van der Waals surface area contributed by atoms with Gasteiger partial charge in [0.1, 0.15) is 30.0 Å². The van der Waals surface area contributed by atoms with E-state index in [0.717, 1.165) is 17.0 Å². The minimum absolute atomic E-state index is 0.0334. The molecule has 72 heavy (non-hydrogen) atoms. The van der Waals surface area contributed by atoms with Crippen LogP contribution in [0.5, 0.6) is 0 Å². The van der Waals surface area contributed by atoms with Gasteiger partial charge in [-0.25, -0.2) is 15.2 Å². The van der Waals surface area contributed by atoms with Crippen molar-refractivity contribution in [1.82, 2.24) is 42.3 Å². The molecule has 0 bridgehead atoms. The van der Waals surface area contributed by atoms with Crippen molar-refractivity contribution in [2.45, 2.75) is 122 Å². The van der Waals surface area contributed by atoms with Crippen LogP contribution in [-0.4, -0.2) is 130 Å². The lowest BCUT2D eigenvalue weighted by Crippen LogP contribution is -2.61. The van der Waals surface area contributed by atoms with Gasteiger partial charge in [0.2, 0.25) is 64.7 Å². The van der Waals surface area contributed by atoms with Gasteiger partial charge in [-0.3, -0.25) is 52.7 Å². The number of ketones is 2. The molecule has 13 N–H and O–H groups in total. The van der Waals surface area contributed by atoms with E-state index in [2.05, 4.69) is 37.4 Å². The highest BCUT2D eigenvalue weighted by Crippen LogP contribution is 2.16. The molecule has 1 aliphatic heterocycles. The summed E-state index contributed by atoms with van der Waals surface area (Å²) in [6.45, 7) is 5.53. The minimum atomic E-state index is -1.78. The summed E-state index contributed by atoms with van der Waals surface area (Å²) >= 11 is 1.23. The van der Waals surface area contributed by atoms with E-state index in [-0.39, 0.29) is 49.7 Å². The van der Waals surface area contributed by atoms with E-state index in [1.807, 2.05) is 0 Å². The zero-order valence-corrected chi connectivity index (χ0v) is 41.8. The number of rotatable bonds is 20. The second kappa shape index (κ2) is 30.2. The van der Waals surface area contributed by atoms with E-state index in [1.54, 1.807) is 58.0 Å². The Hall–Kier alpha value is -6.79. The summed E-state index contributed by atoms with van der Waals surface area (Å²) in [7, 11) is 0. The van der Waals surface area contributed by atoms with Crippen LogP contribution in [0.4, 0.5) is 4.39 Å². The molecule has 7 atom stereocenters. The third-order valence-electron chi connectivity index (χ3n) is 11.5. The zero-order chi connectivity index (χ0) is 53.5. The van der Waals surface area contributed by atoms with E-state index < -0.39 is 145 Å². The number of hydrogen-bond donors (Lipinski definition) is 10. The summed E-state index contributed by atoms with van der Waals surface area (Å²) in [5.41, 5.74) is 22.5. The Morgan fingerprint density at radius 3 is 2.06 bits per heavy atom. The predicted octanol–water partition coefficient (Wildman–Crippen LogP) is -1.33. The molecule has 0 radical (unpaired) electrons. The molecule has 1 heterocycles. The SMILES string of the molecule is CC[C@H](C)[C@@H]1NC(=O)[C@H](Cc2ccccc2)NC(=O)CCSCC[C@@H](C(=O)N(CC(=O)N[C@@H](CC(C)C)C(=O)NCC(N)=O)Cc2ccc(F)cc2)NN[C@@H](CC(N)=O)C(=O)C(=O)[C@H](CCC(N)=O)NC1=O. The maximum absolute atomic E-state index is 14.8. The van der Waals surface area contributed by atoms with Gasteiger partial charge in [-0.1, -0.05) is 76.6 Å². The summed E-state index contributed by atoms with van der Waals surface area (Å²) in [6, 6.07) is 5.32. The van der Waals surface area contributed by atoms with Crippen LogP contribution in [0.2, 0.25) is 0 Å². The maximum atomic E-state index is 14.8. The van der Waals surface area contributed by atoms with Gasteiger partial charge in [-0.2, -0.15) is 11.8 Å². The lowest BCUT2D eigenvalue weighted by atomic mass is 9.94.